The van der Waals surface area contributed by atoms with Crippen LogP contribution < -0.4 is 0 Å². The Kier molecular flexibility index (Phi) is 21.6. The average molecular weight is 210 g/mol. The molecular weight excluding hydrogens is 201 g/mol. The van der Waals surface area contributed by atoms with Gasteiger partial charge in [-0.05, 0) is 6.26 Å². The summed E-state index contributed by atoms with van der Waals surface area (Å²) < 4.78 is 0. The third kappa shape index (κ3) is 15.8. The Morgan fingerprint density at radius 1 is 1.75 bits per heavy atom. The summed E-state index contributed by atoms with van der Waals surface area (Å²) in [6, 6.07) is 0. The molecule has 0 heterocycles. The molecule has 0 saturated carbocycles. The minimum absolute atomic E-state index is 0. The summed E-state index contributed by atoms with van der Waals surface area (Å²) in [7, 11) is 0. The molecule has 0 aliphatic rings. The number of hydrogen-bond acceptors (Lipinski definition) is 2. The molecular formula is C4H9O2SY-. The first-order valence-electron chi connectivity index (χ1n) is 1.48. The van der Waals surface area contributed by atoms with E-state index in [0.29, 0.717) is 0 Å². The van der Waals surface area contributed by atoms with Crippen LogP contribution in [0.25, 0.3) is 0 Å². The predicted octanol–water partition coefficient (Wildman–Crippen LogP) is 0.882. The van der Waals surface area contributed by atoms with Crippen LogP contribution in [-0.4, -0.2) is 23.1 Å². The maximum absolute atomic E-state index is 9.58. The van der Waals surface area contributed by atoms with Gasteiger partial charge in [0.15, 0.2) is 0 Å². The van der Waals surface area contributed by atoms with E-state index in [4.69, 9.17) is 5.11 Å². The summed E-state index contributed by atoms with van der Waals surface area (Å²) in [6.07, 6.45) is 1.76. The van der Waals surface area contributed by atoms with Gasteiger partial charge in [0.1, 0.15) is 0 Å². The van der Waals surface area contributed by atoms with Crippen LogP contribution in [0, 0.1) is 7.43 Å². The van der Waals surface area contributed by atoms with Crippen molar-refractivity contribution in [2.45, 2.75) is 0 Å². The fraction of sp³-hybridized carbons (Fsp3) is 0.500. The van der Waals surface area contributed by atoms with Crippen molar-refractivity contribution in [3.05, 3.63) is 7.43 Å². The van der Waals surface area contributed by atoms with Crippen molar-refractivity contribution in [2.24, 2.45) is 0 Å². The summed E-state index contributed by atoms with van der Waals surface area (Å²) in [5.41, 5.74) is 0. The van der Waals surface area contributed by atoms with E-state index in [9.17, 15) is 4.79 Å². The van der Waals surface area contributed by atoms with Crippen molar-refractivity contribution in [3.8, 4) is 0 Å². The minimum atomic E-state index is -0.748. The van der Waals surface area contributed by atoms with Gasteiger partial charge >= 0.3 is 5.97 Å². The average Bonchev–Trinajstić information content (AvgIpc) is 1.35. The summed E-state index contributed by atoms with van der Waals surface area (Å²) in [5, 5.41) is 7.89. The van der Waals surface area contributed by atoms with Gasteiger partial charge in [0.25, 0.3) is 0 Å². The van der Waals surface area contributed by atoms with Gasteiger partial charge in [-0.1, -0.05) is 0 Å². The van der Waals surface area contributed by atoms with E-state index in [0.717, 1.165) is 0 Å². The van der Waals surface area contributed by atoms with Crippen LogP contribution in [0.3, 0.4) is 0 Å². The molecule has 0 rings (SSSR count). The molecule has 0 aromatic carbocycles. The third-order valence-electron chi connectivity index (χ3n) is 0.268. The number of carbonyl (C=O) groups is 1. The Morgan fingerprint density at radius 3 is 2.12 bits per heavy atom. The molecule has 1 N–H and O–H groups in total. The summed E-state index contributed by atoms with van der Waals surface area (Å²) >= 11 is 1.31. The van der Waals surface area contributed by atoms with E-state index >= 15 is 0 Å². The quantitative estimate of drug-likeness (QED) is 0.687. The van der Waals surface area contributed by atoms with E-state index in [1.54, 1.807) is 6.26 Å². The molecule has 0 amide bonds. The van der Waals surface area contributed by atoms with Crippen LogP contribution in [0.4, 0.5) is 0 Å². The maximum Gasteiger partial charge on any atom is 0.313 e. The zero-order chi connectivity index (χ0) is 4.99. The molecule has 2 nitrogen and oxygen atoms in total. The Balaban J connectivity index is -0.000000125. The summed E-state index contributed by atoms with van der Waals surface area (Å²) in [6.45, 7) is 0. The van der Waals surface area contributed by atoms with Crippen molar-refractivity contribution in [3.63, 3.8) is 0 Å². The number of aliphatic carboxylic acids is 1. The van der Waals surface area contributed by atoms with Gasteiger partial charge in [-0.2, -0.15) is 11.8 Å². The van der Waals surface area contributed by atoms with Crippen LogP contribution in [0.1, 0.15) is 0 Å². The second kappa shape index (κ2) is 10.8. The third-order valence-corrected chi connectivity index (χ3v) is 0.803. The van der Waals surface area contributed by atoms with Crippen LogP contribution in [0.2, 0.25) is 0 Å². The zero-order valence-electron chi connectivity index (χ0n) is 5.05. The van der Waals surface area contributed by atoms with Crippen LogP contribution in [0.15, 0.2) is 0 Å². The van der Waals surface area contributed by atoms with Gasteiger partial charge in [0, 0.05) is 32.7 Å². The topological polar surface area (TPSA) is 37.3 Å². The summed E-state index contributed by atoms with van der Waals surface area (Å²) in [5.74, 6) is -0.539. The molecule has 0 aliphatic heterocycles. The van der Waals surface area contributed by atoms with Crippen LogP contribution in [-0.2, 0) is 37.5 Å². The van der Waals surface area contributed by atoms with Crippen LogP contribution in [0.5, 0.6) is 0 Å². The van der Waals surface area contributed by atoms with E-state index in [1.807, 2.05) is 0 Å². The first kappa shape index (κ1) is 16.0. The monoisotopic (exact) mass is 210 g/mol. The number of hydrogen-bond donors (Lipinski definition) is 1. The standard InChI is InChI=1S/C3H6O2S.CH3.Y/c1-6-2-3(4)5;;/h2H2,1H3,(H,4,5);1H3;/q;-1;. The molecule has 0 fully saturated rings. The van der Waals surface area contributed by atoms with Crippen molar-refractivity contribution in [1.82, 2.24) is 0 Å². The molecule has 8 heavy (non-hydrogen) atoms. The van der Waals surface area contributed by atoms with E-state index in [1.165, 1.54) is 11.8 Å². The van der Waals surface area contributed by atoms with Crippen molar-refractivity contribution >= 4 is 17.7 Å². The Labute approximate surface area is 79.3 Å². The Morgan fingerprint density at radius 2 is 2.12 bits per heavy atom. The molecule has 47 valence electrons. The van der Waals surface area contributed by atoms with E-state index in [2.05, 4.69) is 0 Å². The molecule has 0 unspecified atom stereocenters. The first-order chi connectivity index (χ1) is 2.77. The number of thioether (sulfide) groups is 1. The molecule has 0 aromatic rings. The molecule has 0 spiro atoms. The first-order valence-corrected chi connectivity index (χ1v) is 2.87. The molecule has 0 bridgehead atoms. The van der Waals surface area contributed by atoms with Gasteiger partial charge < -0.3 is 12.5 Å². The van der Waals surface area contributed by atoms with Gasteiger partial charge in [0.05, 0.1) is 5.75 Å². The van der Waals surface area contributed by atoms with E-state index < -0.39 is 5.97 Å². The van der Waals surface area contributed by atoms with Crippen molar-refractivity contribution < 1.29 is 42.6 Å². The second-order valence-electron chi connectivity index (χ2n) is 0.827. The SMILES string of the molecule is CSCC(=O)O.[CH3-].[Y]. The van der Waals surface area contributed by atoms with Crippen molar-refractivity contribution in [2.75, 3.05) is 12.0 Å². The Bertz CT molecular complexity index is 58.0. The largest absolute Gasteiger partial charge is 0.481 e. The number of carboxylic acids is 1. The molecule has 0 atom stereocenters. The normalized spacial score (nSPS) is 6.12. The van der Waals surface area contributed by atoms with Crippen LogP contribution >= 0.6 is 11.8 Å². The molecule has 0 aliphatic carbocycles. The number of carboxylic acid groups (broad SMARTS) is 1. The van der Waals surface area contributed by atoms with Gasteiger partial charge in [-0.15, -0.1) is 0 Å². The molecule has 0 aromatic heterocycles. The maximum atomic E-state index is 9.58. The zero-order valence-corrected chi connectivity index (χ0v) is 8.70. The minimum Gasteiger partial charge on any atom is -0.481 e. The predicted molar refractivity (Wildman–Crippen MR) is 32.4 cm³/mol. The fourth-order valence-electron chi connectivity index (χ4n) is 0.123. The summed E-state index contributed by atoms with van der Waals surface area (Å²) in [4.78, 5) is 9.58. The van der Waals surface area contributed by atoms with Gasteiger partial charge in [-0.25, -0.2) is 0 Å². The van der Waals surface area contributed by atoms with Gasteiger partial charge in [0.2, 0.25) is 0 Å². The molecule has 0 saturated heterocycles. The van der Waals surface area contributed by atoms with Crippen molar-refractivity contribution in [1.29, 1.82) is 0 Å². The van der Waals surface area contributed by atoms with Gasteiger partial charge in [-0.3, -0.25) is 4.79 Å². The smallest absolute Gasteiger partial charge is 0.313 e. The molecule has 4 heteroatoms. The molecule has 1 radical (unpaired) electrons. The fourth-order valence-corrected chi connectivity index (χ4v) is 0.370. The number of rotatable bonds is 2. The Hall–Kier alpha value is 0.924. The van der Waals surface area contributed by atoms with E-state index in [-0.39, 0.29) is 45.9 Å². The second-order valence-corrected chi connectivity index (χ2v) is 1.69.